The molecule has 0 aliphatic rings. The van der Waals surface area contributed by atoms with E-state index in [1.54, 1.807) is 0 Å². The summed E-state index contributed by atoms with van der Waals surface area (Å²) < 4.78 is 5.18. The lowest BCUT2D eigenvalue weighted by atomic mass is 10.1. The maximum atomic E-state index is 12.0. The lowest BCUT2D eigenvalue weighted by Gasteiger charge is -2.03. The van der Waals surface area contributed by atoms with E-state index in [1.165, 1.54) is 12.3 Å². The molecule has 2 aromatic heterocycles. The molecule has 0 bridgehead atoms. The van der Waals surface area contributed by atoms with Gasteiger partial charge in [-0.25, -0.2) is 0 Å². The molecule has 0 spiro atoms. The van der Waals surface area contributed by atoms with Crippen LogP contribution in [-0.4, -0.2) is 27.6 Å². The zero-order valence-electron chi connectivity index (χ0n) is 13.2. The molecule has 0 aliphatic heterocycles. The van der Waals surface area contributed by atoms with Gasteiger partial charge in [0.15, 0.2) is 5.82 Å². The smallest absolute Gasteiger partial charge is 0.266 e. The van der Waals surface area contributed by atoms with Crippen LogP contribution >= 0.6 is 11.6 Å². The number of amides is 1. The van der Waals surface area contributed by atoms with Crippen LogP contribution < -0.4 is 10.9 Å². The SMILES string of the molecule is O=C(NCCc1nc(Cc2ccccc2)no1)c1c[nH]c(=O)c(Cl)c1. The Bertz CT molecular complexity index is 921. The van der Waals surface area contributed by atoms with E-state index in [0.29, 0.717) is 31.1 Å². The van der Waals surface area contributed by atoms with Crippen LogP contribution in [0, 0.1) is 0 Å². The zero-order chi connectivity index (χ0) is 17.6. The molecule has 0 saturated heterocycles. The summed E-state index contributed by atoms with van der Waals surface area (Å²) in [6.07, 6.45) is 2.31. The fraction of sp³-hybridized carbons (Fsp3) is 0.176. The van der Waals surface area contributed by atoms with Gasteiger partial charge in [-0.1, -0.05) is 47.1 Å². The van der Waals surface area contributed by atoms with E-state index in [2.05, 4.69) is 20.4 Å². The van der Waals surface area contributed by atoms with Gasteiger partial charge in [0.1, 0.15) is 5.02 Å². The number of hydrogen-bond acceptors (Lipinski definition) is 5. The number of carbonyl (C=O) groups excluding carboxylic acids is 1. The maximum absolute atomic E-state index is 12.0. The van der Waals surface area contributed by atoms with Gasteiger partial charge in [-0.2, -0.15) is 4.98 Å². The van der Waals surface area contributed by atoms with Crippen molar-refractivity contribution in [1.29, 1.82) is 0 Å². The molecule has 0 saturated carbocycles. The Kier molecular flexibility index (Phi) is 5.25. The predicted octanol–water partition coefficient (Wildman–Crippen LogP) is 1.97. The Morgan fingerprint density at radius 3 is 2.84 bits per heavy atom. The van der Waals surface area contributed by atoms with E-state index in [4.69, 9.17) is 16.1 Å². The third-order valence-corrected chi connectivity index (χ3v) is 3.74. The molecule has 2 heterocycles. The molecule has 8 heteroatoms. The molecular formula is C17H15ClN4O3. The summed E-state index contributed by atoms with van der Waals surface area (Å²) in [6.45, 7) is 0.322. The van der Waals surface area contributed by atoms with Gasteiger partial charge in [-0.3, -0.25) is 9.59 Å². The molecule has 0 aliphatic carbocycles. The van der Waals surface area contributed by atoms with E-state index in [0.717, 1.165) is 5.56 Å². The van der Waals surface area contributed by atoms with Crippen molar-refractivity contribution in [3.05, 3.63) is 80.8 Å². The van der Waals surface area contributed by atoms with Gasteiger partial charge >= 0.3 is 0 Å². The second kappa shape index (κ2) is 7.76. The van der Waals surface area contributed by atoms with E-state index in [-0.39, 0.29) is 16.5 Å². The van der Waals surface area contributed by atoms with E-state index >= 15 is 0 Å². The van der Waals surface area contributed by atoms with E-state index in [9.17, 15) is 9.59 Å². The molecule has 25 heavy (non-hydrogen) atoms. The molecule has 1 amide bonds. The maximum Gasteiger partial charge on any atom is 0.266 e. The number of carbonyl (C=O) groups is 1. The van der Waals surface area contributed by atoms with Crippen LogP contribution in [0.2, 0.25) is 5.02 Å². The second-order valence-corrected chi connectivity index (χ2v) is 5.75. The average molecular weight is 359 g/mol. The minimum atomic E-state index is -0.435. The highest BCUT2D eigenvalue weighted by atomic mass is 35.5. The van der Waals surface area contributed by atoms with Gasteiger partial charge in [0.05, 0.1) is 5.56 Å². The van der Waals surface area contributed by atoms with E-state index < -0.39 is 5.56 Å². The first kappa shape index (κ1) is 16.9. The number of aromatic amines is 1. The van der Waals surface area contributed by atoms with Gasteiger partial charge in [-0.15, -0.1) is 0 Å². The Hall–Kier alpha value is -2.93. The van der Waals surface area contributed by atoms with Gasteiger partial charge in [0.2, 0.25) is 5.89 Å². The first-order valence-corrected chi connectivity index (χ1v) is 8.01. The molecular weight excluding hydrogens is 344 g/mol. The van der Waals surface area contributed by atoms with Gasteiger partial charge in [-0.05, 0) is 11.6 Å². The number of aromatic nitrogens is 3. The topological polar surface area (TPSA) is 101 Å². The molecule has 7 nitrogen and oxygen atoms in total. The van der Waals surface area contributed by atoms with Crippen molar-refractivity contribution in [1.82, 2.24) is 20.4 Å². The summed E-state index contributed by atoms with van der Waals surface area (Å²) in [5.74, 6) is 0.702. The molecule has 128 valence electrons. The highest BCUT2D eigenvalue weighted by molar-refractivity contribution is 6.30. The van der Waals surface area contributed by atoms with Crippen molar-refractivity contribution in [2.75, 3.05) is 6.54 Å². The summed E-state index contributed by atoms with van der Waals surface area (Å²) >= 11 is 5.70. The van der Waals surface area contributed by atoms with Crippen LogP contribution in [0.5, 0.6) is 0 Å². The number of rotatable bonds is 6. The monoisotopic (exact) mass is 358 g/mol. The quantitative estimate of drug-likeness (QED) is 0.701. The average Bonchev–Trinajstić information content (AvgIpc) is 3.05. The molecule has 2 N–H and O–H groups in total. The van der Waals surface area contributed by atoms with Crippen LogP contribution in [0.25, 0.3) is 0 Å². The van der Waals surface area contributed by atoms with Crippen LogP contribution in [0.1, 0.15) is 27.6 Å². The lowest BCUT2D eigenvalue weighted by Crippen LogP contribution is -2.26. The number of hydrogen-bond donors (Lipinski definition) is 2. The molecule has 1 aromatic carbocycles. The minimum absolute atomic E-state index is 0.0323. The number of pyridine rings is 1. The van der Waals surface area contributed by atoms with Crippen molar-refractivity contribution >= 4 is 17.5 Å². The normalized spacial score (nSPS) is 10.6. The molecule has 3 rings (SSSR count). The van der Waals surface area contributed by atoms with Gasteiger partial charge in [0, 0.05) is 25.6 Å². The van der Waals surface area contributed by atoms with Crippen molar-refractivity contribution in [2.45, 2.75) is 12.8 Å². The fourth-order valence-electron chi connectivity index (χ4n) is 2.21. The molecule has 0 atom stereocenters. The highest BCUT2D eigenvalue weighted by Crippen LogP contribution is 2.07. The largest absolute Gasteiger partial charge is 0.351 e. The second-order valence-electron chi connectivity index (χ2n) is 5.34. The van der Waals surface area contributed by atoms with Gasteiger partial charge < -0.3 is 14.8 Å². The molecule has 0 unspecified atom stereocenters. The van der Waals surface area contributed by atoms with Crippen LogP contribution in [0.4, 0.5) is 0 Å². The van der Waals surface area contributed by atoms with Crippen LogP contribution in [-0.2, 0) is 12.8 Å². The summed E-state index contributed by atoms with van der Waals surface area (Å²) in [6, 6.07) is 11.2. The van der Waals surface area contributed by atoms with Crippen LogP contribution in [0.15, 0.2) is 51.9 Å². The summed E-state index contributed by atoms with van der Waals surface area (Å²) in [7, 11) is 0. The standard InChI is InChI=1S/C17H15ClN4O3/c18-13-9-12(10-20-17(13)24)16(23)19-7-6-15-21-14(22-25-15)8-11-4-2-1-3-5-11/h1-5,9-10H,6-8H2,(H,19,23)(H,20,24). The highest BCUT2D eigenvalue weighted by Gasteiger charge is 2.10. The molecule has 3 aromatic rings. The van der Waals surface area contributed by atoms with Crippen molar-refractivity contribution < 1.29 is 9.32 Å². The number of nitrogens with one attached hydrogen (secondary N) is 2. The fourth-order valence-corrected chi connectivity index (χ4v) is 2.39. The Morgan fingerprint density at radius 2 is 2.08 bits per heavy atom. The van der Waals surface area contributed by atoms with Gasteiger partial charge in [0.25, 0.3) is 11.5 Å². The van der Waals surface area contributed by atoms with Crippen molar-refractivity contribution in [2.24, 2.45) is 0 Å². The molecule has 0 fully saturated rings. The Balaban J connectivity index is 1.51. The number of benzene rings is 1. The summed E-state index contributed by atoms with van der Waals surface area (Å²) in [5.41, 5.74) is 0.938. The summed E-state index contributed by atoms with van der Waals surface area (Å²) in [5, 5.41) is 6.61. The minimum Gasteiger partial charge on any atom is -0.351 e. The predicted molar refractivity (Wildman–Crippen MR) is 91.7 cm³/mol. The molecule has 0 radical (unpaired) electrons. The third-order valence-electron chi connectivity index (χ3n) is 3.46. The first-order chi connectivity index (χ1) is 12.1. The lowest BCUT2D eigenvalue weighted by molar-refractivity contribution is 0.0953. The van der Waals surface area contributed by atoms with E-state index in [1.807, 2.05) is 30.3 Å². The first-order valence-electron chi connectivity index (χ1n) is 7.63. The Morgan fingerprint density at radius 1 is 1.28 bits per heavy atom. The third kappa shape index (κ3) is 4.54. The van der Waals surface area contributed by atoms with Crippen LogP contribution in [0.3, 0.4) is 0 Å². The Labute approximate surface area is 148 Å². The zero-order valence-corrected chi connectivity index (χ0v) is 13.9. The number of H-pyrrole nitrogens is 1. The number of halogens is 1. The van der Waals surface area contributed by atoms with Crippen molar-refractivity contribution in [3.8, 4) is 0 Å². The number of nitrogens with zero attached hydrogens (tertiary/aromatic N) is 2. The van der Waals surface area contributed by atoms with Crippen molar-refractivity contribution in [3.63, 3.8) is 0 Å². The summed E-state index contributed by atoms with van der Waals surface area (Å²) in [4.78, 5) is 29.9.